The number of allylic oxidation sites excluding steroid dienone is 4. The van der Waals surface area contributed by atoms with Crippen molar-refractivity contribution in [3.05, 3.63) is 37.0 Å². The monoisotopic (exact) mass is 205 g/mol. The zero-order valence-corrected chi connectivity index (χ0v) is 9.78. The lowest BCUT2D eigenvalue weighted by Gasteiger charge is -2.09. The first kappa shape index (κ1) is 12.3. The van der Waals surface area contributed by atoms with Crippen LogP contribution in [0, 0.1) is 11.8 Å². The minimum absolute atomic E-state index is 0.422. The Hall–Kier alpha value is -0.820. The van der Waals surface area contributed by atoms with Gasteiger partial charge in [0.05, 0.1) is 0 Å². The van der Waals surface area contributed by atoms with Crippen LogP contribution in [-0.4, -0.2) is 6.04 Å². The van der Waals surface area contributed by atoms with Gasteiger partial charge in [-0.15, -0.1) is 0 Å². The first-order valence-corrected chi connectivity index (χ1v) is 5.87. The molecule has 1 aliphatic carbocycles. The topological polar surface area (TPSA) is 26.0 Å². The summed E-state index contributed by atoms with van der Waals surface area (Å²) in [7, 11) is 0. The van der Waals surface area contributed by atoms with E-state index in [-0.39, 0.29) is 0 Å². The Morgan fingerprint density at radius 1 is 1.40 bits per heavy atom. The molecule has 2 N–H and O–H groups in total. The molecule has 0 heterocycles. The van der Waals surface area contributed by atoms with Gasteiger partial charge in [0.2, 0.25) is 0 Å². The highest BCUT2D eigenvalue weighted by Gasteiger charge is 2.27. The average molecular weight is 205 g/mol. The summed E-state index contributed by atoms with van der Waals surface area (Å²) in [6.45, 7) is 9.78. The minimum atomic E-state index is 0.422. The van der Waals surface area contributed by atoms with Crippen LogP contribution in [0.25, 0.3) is 0 Å². The molecule has 0 spiro atoms. The highest BCUT2D eigenvalue weighted by molar-refractivity contribution is 5.20. The SMILES string of the molecule is C=C/C=C(\C=C)CC[C@@H]1C[C@@H](C)[C@H](N)C1. The molecular weight excluding hydrogens is 182 g/mol. The third-order valence-corrected chi connectivity index (χ3v) is 3.48. The van der Waals surface area contributed by atoms with Crippen molar-refractivity contribution in [2.45, 2.75) is 38.6 Å². The molecule has 0 aliphatic heterocycles. The van der Waals surface area contributed by atoms with Crippen LogP contribution in [0.15, 0.2) is 37.0 Å². The number of rotatable bonds is 5. The number of nitrogens with two attached hydrogens (primary N) is 1. The van der Waals surface area contributed by atoms with Gasteiger partial charge in [-0.2, -0.15) is 0 Å². The van der Waals surface area contributed by atoms with E-state index in [0.29, 0.717) is 12.0 Å². The molecule has 0 amide bonds. The van der Waals surface area contributed by atoms with Gasteiger partial charge in [-0.1, -0.05) is 38.3 Å². The van der Waals surface area contributed by atoms with Crippen LogP contribution in [0.4, 0.5) is 0 Å². The van der Waals surface area contributed by atoms with E-state index in [1.54, 1.807) is 0 Å². The zero-order chi connectivity index (χ0) is 11.3. The summed E-state index contributed by atoms with van der Waals surface area (Å²) in [5.74, 6) is 1.51. The Bertz CT molecular complexity index is 242. The van der Waals surface area contributed by atoms with E-state index in [1.807, 2.05) is 18.2 Å². The first-order valence-electron chi connectivity index (χ1n) is 5.87. The molecule has 0 unspecified atom stereocenters. The van der Waals surface area contributed by atoms with E-state index in [1.165, 1.54) is 24.8 Å². The van der Waals surface area contributed by atoms with Crippen LogP contribution in [0.2, 0.25) is 0 Å². The second kappa shape index (κ2) is 5.92. The molecule has 0 aromatic carbocycles. The number of hydrogen-bond acceptors (Lipinski definition) is 1. The highest BCUT2D eigenvalue weighted by atomic mass is 14.7. The van der Waals surface area contributed by atoms with Gasteiger partial charge in [0.15, 0.2) is 0 Å². The fourth-order valence-electron chi connectivity index (χ4n) is 2.43. The number of hydrogen-bond donors (Lipinski definition) is 1. The van der Waals surface area contributed by atoms with Crippen LogP contribution < -0.4 is 5.73 Å². The summed E-state index contributed by atoms with van der Waals surface area (Å²) < 4.78 is 0. The van der Waals surface area contributed by atoms with Crippen LogP contribution in [-0.2, 0) is 0 Å². The largest absolute Gasteiger partial charge is 0.327 e. The molecule has 0 radical (unpaired) electrons. The minimum Gasteiger partial charge on any atom is -0.327 e. The van der Waals surface area contributed by atoms with E-state index in [0.717, 1.165) is 12.3 Å². The van der Waals surface area contributed by atoms with Crippen molar-refractivity contribution in [1.82, 2.24) is 0 Å². The van der Waals surface area contributed by atoms with Gasteiger partial charge in [-0.25, -0.2) is 0 Å². The van der Waals surface area contributed by atoms with Crippen molar-refractivity contribution in [1.29, 1.82) is 0 Å². The van der Waals surface area contributed by atoms with Crippen molar-refractivity contribution in [2.24, 2.45) is 17.6 Å². The lowest BCUT2D eigenvalue weighted by atomic mass is 9.97. The molecule has 3 atom stereocenters. The zero-order valence-electron chi connectivity index (χ0n) is 9.78. The smallest absolute Gasteiger partial charge is 0.00672 e. The highest BCUT2D eigenvalue weighted by Crippen LogP contribution is 2.33. The fraction of sp³-hybridized carbons (Fsp3) is 0.571. The van der Waals surface area contributed by atoms with E-state index in [2.05, 4.69) is 20.1 Å². The summed E-state index contributed by atoms with van der Waals surface area (Å²) in [6, 6.07) is 0.422. The molecule has 1 heteroatoms. The second-order valence-corrected chi connectivity index (χ2v) is 4.70. The lowest BCUT2D eigenvalue weighted by Crippen LogP contribution is -2.21. The molecule has 1 aliphatic rings. The molecule has 1 rings (SSSR count). The summed E-state index contributed by atoms with van der Waals surface area (Å²) in [5, 5.41) is 0. The molecule has 84 valence electrons. The van der Waals surface area contributed by atoms with E-state index in [4.69, 9.17) is 5.73 Å². The Morgan fingerprint density at radius 2 is 2.13 bits per heavy atom. The third-order valence-electron chi connectivity index (χ3n) is 3.48. The molecular formula is C14H23N. The van der Waals surface area contributed by atoms with Gasteiger partial charge in [0, 0.05) is 6.04 Å². The predicted molar refractivity (Wildman–Crippen MR) is 67.6 cm³/mol. The van der Waals surface area contributed by atoms with Crippen molar-refractivity contribution >= 4 is 0 Å². The maximum Gasteiger partial charge on any atom is 0.00672 e. The Morgan fingerprint density at radius 3 is 2.60 bits per heavy atom. The first-order chi connectivity index (χ1) is 7.17. The Balaban J connectivity index is 2.34. The molecule has 1 nitrogen and oxygen atoms in total. The predicted octanol–water partition coefficient (Wildman–Crippen LogP) is 3.44. The fourth-order valence-corrected chi connectivity index (χ4v) is 2.43. The third kappa shape index (κ3) is 3.67. The standard InChI is InChI=1S/C14H23N/c1-4-6-12(5-2)7-8-13-9-11(3)14(15)10-13/h4-6,11,13-14H,1-2,7-10,15H2,3H3/b12-6+/t11-,13-,14-/m1/s1. The van der Waals surface area contributed by atoms with Crippen LogP contribution in [0.5, 0.6) is 0 Å². The van der Waals surface area contributed by atoms with Gasteiger partial charge in [-0.05, 0) is 43.1 Å². The normalized spacial score (nSPS) is 31.6. The van der Waals surface area contributed by atoms with Gasteiger partial charge in [-0.3, -0.25) is 0 Å². The van der Waals surface area contributed by atoms with E-state index in [9.17, 15) is 0 Å². The maximum absolute atomic E-state index is 6.02. The molecule has 0 bridgehead atoms. The summed E-state index contributed by atoms with van der Waals surface area (Å²) in [4.78, 5) is 0. The Labute approximate surface area is 93.7 Å². The molecule has 15 heavy (non-hydrogen) atoms. The summed E-state index contributed by atoms with van der Waals surface area (Å²) >= 11 is 0. The maximum atomic E-state index is 6.02. The van der Waals surface area contributed by atoms with Crippen molar-refractivity contribution < 1.29 is 0 Å². The summed E-state index contributed by atoms with van der Waals surface area (Å²) in [6.07, 6.45) is 10.6. The van der Waals surface area contributed by atoms with Gasteiger partial charge >= 0.3 is 0 Å². The molecule has 0 aromatic rings. The van der Waals surface area contributed by atoms with Gasteiger partial charge in [0.1, 0.15) is 0 Å². The van der Waals surface area contributed by atoms with Gasteiger partial charge < -0.3 is 5.73 Å². The van der Waals surface area contributed by atoms with E-state index >= 15 is 0 Å². The quantitative estimate of drug-likeness (QED) is 0.684. The van der Waals surface area contributed by atoms with Crippen LogP contribution in [0.3, 0.4) is 0 Å². The Kier molecular flexibility index (Phi) is 4.83. The van der Waals surface area contributed by atoms with Crippen molar-refractivity contribution in [3.8, 4) is 0 Å². The lowest BCUT2D eigenvalue weighted by molar-refractivity contribution is 0.480. The van der Waals surface area contributed by atoms with E-state index < -0.39 is 0 Å². The summed E-state index contributed by atoms with van der Waals surface area (Å²) in [5.41, 5.74) is 7.31. The van der Waals surface area contributed by atoms with Crippen molar-refractivity contribution in [3.63, 3.8) is 0 Å². The molecule has 0 aromatic heterocycles. The molecule has 0 saturated heterocycles. The molecule has 1 saturated carbocycles. The van der Waals surface area contributed by atoms with Crippen molar-refractivity contribution in [2.75, 3.05) is 0 Å². The average Bonchev–Trinajstić information content (AvgIpc) is 2.53. The van der Waals surface area contributed by atoms with Gasteiger partial charge in [0.25, 0.3) is 0 Å². The van der Waals surface area contributed by atoms with Crippen LogP contribution in [0.1, 0.15) is 32.6 Å². The molecule has 1 fully saturated rings. The van der Waals surface area contributed by atoms with Crippen LogP contribution >= 0.6 is 0 Å². The second-order valence-electron chi connectivity index (χ2n) is 4.70.